The normalized spacial score (nSPS) is 14.1. The molecule has 0 aliphatic heterocycles. The zero-order valence-electron chi connectivity index (χ0n) is 10.2. The second-order valence-electron chi connectivity index (χ2n) is 4.22. The number of hydrogen-bond donors (Lipinski definition) is 2. The monoisotopic (exact) mass is 254 g/mol. The summed E-state index contributed by atoms with van der Waals surface area (Å²) in [5.74, 6) is -0.105. The lowest BCUT2D eigenvalue weighted by Gasteiger charge is -2.17. The van der Waals surface area contributed by atoms with Gasteiger partial charge in [-0.2, -0.15) is 0 Å². The Morgan fingerprint density at radius 2 is 2.12 bits per heavy atom. The molecule has 17 heavy (non-hydrogen) atoms. The van der Waals surface area contributed by atoms with E-state index in [1.807, 2.05) is 38.1 Å². The Labute approximate surface area is 107 Å². The highest BCUT2D eigenvalue weighted by molar-refractivity contribution is 6.31. The number of carbonyl (C=O) groups excluding carboxylic acids is 1. The molecule has 1 unspecified atom stereocenters. The minimum atomic E-state index is -0.427. The van der Waals surface area contributed by atoms with Gasteiger partial charge in [-0.1, -0.05) is 36.7 Å². The first kappa shape index (κ1) is 14.0. The van der Waals surface area contributed by atoms with Gasteiger partial charge in [0.05, 0.1) is 6.04 Å². The molecule has 0 fully saturated rings. The van der Waals surface area contributed by atoms with Gasteiger partial charge in [0.2, 0.25) is 5.91 Å². The SMILES string of the molecule is CC[C@@H](N)C(=O)NC(C)Cc1ccccc1Cl. The van der Waals surface area contributed by atoms with E-state index in [0.717, 1.165) is 10.6 Å². The van der Waals surface area contributed by atoms with Gasteiger partial charge in [0.25, 0.3) is 0 Å². The van der Waals surface area contributed by atoms with Crippen LogP contribution in [0.25, 0.3) is 0 Å². The predicted octanol–water partition coefficient (Wildman–Crippen LogP) is 2.12. The van der Waals surface area contributed by atoms with Crippen molar-refractivity contribution >= 4 is 17.5 Å². The van der Waals surface area contributed by atoms with Gasteiger partial charge in [0, 0.05) is 11.1 Å². The first-order valence-corrected chi connectivity index (χ1v) is 6.21. The van der Waals surface area contributed by atoms with Gasteiger partial charge < -0.3 is 11.1 Å². The molecule has 1 aromatic rings. The second-order valence-corrected chi connectivity index (χ2v) is 4.63. The van der Waals surface area contributed by atoms with Crippen molar-refractivity contribution < 1.29 is 4.79 Å². The molecule has 94 valence electrons. The predicted molar refractivity (Wildman–Crippen MR) is 71.0 cm³/mol. The molecular formula is C13H19ClN2O. The van der Waals surface area contributed by atoms with Crippen molar-refractivity contribution in [1.29, 1.82) is 0 Å². The van der Waals surface area contributed by atoms with Crippen molar-refractivity contribution in [1.82, 2.24) is 5.32 Å². The molecular weight excluding hydrogens is 236 g/mol. The number of rotatable bonds is 5. The first-order valence-electron chi connectivity index (χ1n) is 5.84. The van der Waals surface area contributed by atoms with Crippen LogP contribution in [-0.4, -0.2) is 18.0 Å². The van der Waals surface area contributed by atoms with E-state index < -0.39 is 6.04 Å². The van der Waals surface area contributed by atoms with Crippen LogP contribution in [0, 0.1) is 0 Å². The number of nitrogens with one attached hydrogen (secondary N) is 1. The smallest absolute Gasteiger partial charge is 0.237 e. The summed E-state index contributed by atoms with van der Waals surface area (Å²) in [5.41, 5.74) is 6.68. The maximum Gasteiger partial charge on any atom is 0.237 e. The molecule has 1 amide bonds. The summed E-state index contributed by atoms with van der Waals surface area (Å²) in [7, 11) is 0. The average molecular weight is 255 g/mol. The van der Waals surface area contributed by atoms with Crippen molar-refractivity contribution in [3.05, 3.63) is 34.9 Å². The lowest BCUT2D eigenvalue weighted by molar-refractivity contribution is -0.123. The zero-order chi connectivity index (χ0) is 12.8. The maximum atomic E-state index is 11.6. The molecule has 0 bridgehead atoms. The molecule has 3 N–H and O–H groups in total. The van der Waals surface area contributed by atoms with Crippen LogP contribution in [0.4, 0.5) is 0 Å². The fourth-order valence-corrected chi connectivity index (χ4v) is 1.79. The fourth-order valence-electron chi connectivity index (χ4n) is 1.58. The minimum Gasteiger partial charge on any atom is -0.352 e. The van der Waals surface area contributed by atoms with Crippen molar-refractivity contribution in [3.8, 4) is 0 Å². The topological polar surface area (TPSA) is 55.1 Å². The van der Waals surface area contributed by atoms with Crippen molar-refractivity contribution in [3.63, 3.8) is 0 Å². The molecule has 0 heterocycles. The van der Waals surface area contributed by atoms with Gasteiger partial charge in [0.15, 0.2) is 0 Å². The lowest BCUT2D eigenvalue weighted by Crippen LogP contribution is -2.44. The zero-order valence-corrected chi connectivity index (χ0v) is 11.0. The summed E-state index contributed by atoms with van der Waals surface area (Å²) < 4.78 is 0. The van der Waals surface area contributed by atoms with Crippen molar-refractivity contribution in [2.45, 2.75) is 38.8 Å². The highest BCUT2D eigenvalue weighted by Gasteiger charge is 2.14. The van der Waals surface area contributed by atoms with E-state index in [1.165, 1.54) is 0 Å². The summed E-state index contributed by atoms with van der Waals surface area (Å²) in [6.45, 7) is 3.84. The van der Waals surface area contributed by atoms with Gasteiger partial charge in [-0.25, -0.2) is 0 Å². The molecule has 0 radical (unpaired) electrons. The van der Waals surface area contributed by atoms with Crippen LogP contribution in [0.15, 0.2) is 24.3 Å². The van der Waals surface area contributed by atoms with E-state index in [0.29, 0.717) is 12.8 Å². The Morgan fingerprint density at radius 3 is 2.71 bits per heavy atom. The molecule has 0 spiro atoms. The van der Waals surface area contributed by atoms with E-state index in [9.17, 15) is 4.79 Å². The highest BCUT2D eigenvalue weighted by Crippen LogP contribution is 2.16. The summed E-state index contributed by atoms with van der Waals surface area (Å²) in [6, 6.07) is 7.24. The summed E-state index contributed by atoms with van der Waals surface area (Å²) in [4.78, 5) is 11.6. The third kappa shape index (κ3) is 4.36. The molecule has 0 aliphatic carbocycles. The summed E-state index contributed by atoms with van der Waals surface area (Å²) >= 11 is 6.06. The number of nitrogens with two attached hydrogens (primary N) is 1. The standard InChI is InChI=1S/C13H19ClN2O/c1-3-12(15)13(17)16-9(2)8-10-6-4-5-7-11(10)14/h4-7,9,12H,3,8,15H2,1-2H3,(H,16,17)/t9?,12-/m1/s1. The number of hydrogen-bond acceptors (Lipinski definition) is 2. The second kappa shape index (κ2) is 6.62. The van der Waals surface area contributed by atoms with Crippen molar-refractivity contribution in [2.75, 3.05) is 0 Å². The van der Waals surface area contributed by atoms with E-state index in [4.69, 9.17) is 17.3 Å². The van der Waals surface area contributed by atoms with E-state index in [-0.39, 0.29) is 11.9 Å². The maximum absolute atomic E-state index is 11.6. The third-order valence-corrected chi connectivity index (χ3v) is 3.02. The molecule has 0 aromatic heterocycles. The Hall–Kier alpha value is -1.06. The number of benzene rings is 1. The molecule has 4 heteroatoms. The van der Waals surface area contributed by atoms with Crippen LogP contribution in [0.2, 0.25) is 5.02 Å². The van der Waals surface area contributed by atoms with Gasteiger partial charge >= 0.3 is 0 Å². The fraction of sp³-hybridized carbons (Fsp3) is 0.462. The van der Waals surface area contributed by atoms with Crippen LogP contribution >= 0.6 is 11.6 Å². The average Bonchev–Trinajstić information content (AvgIpc) is 2.31. The van der Waals surface area contributed by atoms with Crippen LogP contribution in [0.5, 0.6) is 0 Å². The Bertz CT molecular complexity index is 381. The molecule has 0 saturated heterocycles. The van der Waals surface area contributed by atoms with E-state index >= 15 is 0 Å². The van der Waals surface area contributed by atoms with Crippen LogP contribution in [-0.2, 0) is 11.2 Å². The Morgan fingerprint density at radius 1 is 1.47 bits per heavy atom. The van der Waals surface area contributed by atoms with E-state index in [2.05, 4.69) is 5.32 Å². The van der Waals surface area contributed by atoms with Crippen LogP contribution in [0.3, 0.4) is 0 Å². The molecule has 3 nitrogen and oxygen atoms in total. The van der Waals surface area contributed by atoms with Crippen molar-refractivity contribution in [2.24, 2.45) is 5.73 Å². The quantitative estimate of drug-likeness (QED) is 0.846. The summed E-state index contributed by atoms with van der Waals surface area (Å²) in [6.07, 6.45) is 1.35. The molecule has 2 atom stereocenters. The minimum absolute atomic E-state index is 0.0278. The van der Waals surface area contributed by atoms with Gasteiger partial charge in [0.1, 0.15) is 0 Å². The molecule has 0 aliphatic rings. The van der Waals surface area contributed by atoms with Gasteiger partial charge in [-0.3, -0.25) is 4.79 Å². The number of halogens is 1. The molecule has 1 aromatic carbocycles. The number of carbonyl (C=O) groups is 1. The summed E-state index contributed by atoms with van der Waals surface area (Å²) in [5, 5.41) is 3.61. The van der Waals surface area contributed by atoms with Gasteiger partial charge in [-0.05, 0) is 31.4 Å². The number of amides is 1. The molecule has 0 saturated carbocycles. The Balaban J connectivity index is 2.53. The largest absolute Gasteiger partial charge is 0.352 e. The first-order chi connectivity index (χ1) is 8.04. The molecule has 1 rings (SSSR count). The highest BCUT2D eigenvalue weighted by atomic mass is 35.5. The third-order valence-electron chi connectivity index (χ3n) is 2.65. The van der Waals surface area contributed by atoms with Crippen LogP contribution < -0.4 is 11.1 Å². The van der Waals surface area contributed by atoms with Crippen LogP contribution in [0.1, 0.15) is 25.8 Å². The Kier molecular flexibility index (Phi) is 5.45. The lowest BCUT2D eigenvalue weighted by atomic mass is 10.1. The van der Waals surface area contributed by atoms with Gasteiger partial charge in [-0.15, -0.1) is 0 Å². The van der Waals surface area contributed by atoms with E-state index in [1.54, 1.807) is 0 Å².